The Balaban J connectivity index is 1.97. The first kappa shape index (κ1) is 26.6. The summed E-state index contributed by atoms with van der Waals surface area (Å²) in [5.74, 6) is -0.206. The minimum absolute atomic E-state index is 0.0211. The number of aldehydes is 1. The molecule has 0 N–H and O–H groups in total. The largest absolute Gasteiger partial charge is 0.497 e. The van der Waals surface area contributed by atoms with Gasteiger partial charge in [-0.25, -0.2) is 13.2 Å². The molecule has 1 heterocycles. The molecule has 194 valence electrons. The molecule has 0 saturated heterocycles. The van der Waals surface area contributed by atoms with Gasteiger partial charge in [-0.05, 0) is 71.6 Å². The van der Waals surface area contributed by atoms with E-state index in [0.717, 1.165) is 6.29 Å². The Hall–Kier alpha value is -4.50. The third-order valence-electron chi connectivity index (χ3n) is 6.05. The topological polar surface area (TPSA) is 103 Å². The first-order valence-electron chi connectivity index (χ1n) is 11.6. The standard InChI is InChI=1S/C29H26N2O6S/c1-20-15-23(26-9-5-4-8-22(26)19-32)16-27(29(33)37-3)28(20)31(18-21-7-6-14-30-17-21)38(34,35)25-12-10-24(36-2)11-13-25/h4-17,19H,18H2,1-3H3. The van der Waals surface area contributed by atoms with Gasteiger partial charge in [-0.1, -0.05) is 30.3 Å². The molecule has 4 aromatic rings. The number of carbonyl (C=O) groups is 2. The van der Waals surface area contributed by atoms with Crippen molar-refractivity contribution in [1.29, 1.82) is 0 Å². The van der Waals surface area contributed by atoms with Crippen LogP contribution in [0.3, 0.4) is 0 Å². The first-order chi connectivity index (χ1) is 18.3. The highest BCUT2D eigenvalue weighted by Gasteiger charge is 2.31. The number of nitrogens with zero attached hydrogens (tertiary/aromatic N) is 2. The number of pyridine rings is 1. The molecule has 8 nitrogen and oxygen atoms in total. The smallest absolute Gasteiger partial charge is 0.340 e. The van der Waals surface area contributed by atoms with Crippen LogP contribution in [0.5, 0.6) is 5.75 Å². The van der Waals surface area contributed by atoms with Gasteiger partial charge < -0.3 is 9.47 Å². The molecule has 0 aliphatic rings. The molecule has 3 aromatic carbocycles. The molecule has 0 aliphatic carbocycles. The summed E-state index contributed by atoms with van der Waals surface area (Å²) in [5.41, 5.74) is 2.97. The number of hydrogen-bond donors (Lipinski definition) is 0. The van der Waals surface area contributed by atoms with Crippen LogP contribution < -0.4 is 9.04 Å². The summed E-state index contributed by atoms with van der Waals surface area (Å²) in [7, 11) is -1.44. The average molecular weight is 531 g/mol. The fourth-order valence-electron chi connectivity index (χ4n) is 4.21. The lowest BCUT2D eigenvalue weighted by Crippen LogP contribution is -2.33. The second kappa shape index (κ2) is 11.3. The monoisotopic (exact) mass is 530 g/mol. The summed E-state index contributed by atoms with van der Waals surface area (Å²) in [5, 5.41) is 0. The highest BCUT2D eigenvalue weighted by atomic mass is 32.2. The summed E-state index contributed by atoms with van der Waals surface area (Å²) in [6.07, 6.45) is 3.90. The zero-order valence-electron chi connectivity index (χ0n) is 21.1. The van der Waals surface area contributed by atoms with E-state index in [2.05, 4.69) is 4.98 Å². The third kappa shape index (κ3) is 5.28. The second-order valence-corrected chi connectivity index (χ2v) is 10.3. The van der Waals surface area contributed by atoms with E-state index in [0.29, 0.717) is 33.6 Å². The predicted molar refractivity (Wildman–Crippen MR) is 144 cm³/mol. The number of benzene rings is 3. The van der Waals surface area contributed by atoms with Gasteiger partial charge in [0.05, 0.1) is 36.9 Å². The van der Waals surface area contributed by atoms with Crippen LogP contribution in [-0.4, -0.2) is 39.9 Å². The Kier molecular flexibility index (Phi) is 7.87. The molecule has 9 heteroatoms. The number of aryl methyl sites for hydroxylation is 1. The lowest BCUT2D eigenvalue weighted by atomic mass is 9.95. The summed E-state index contributed by atoms with van der Waals surface area (Å²) < 4.78 is 39.6. The number of ether oxygens (including phenoxy) is 2. The molecule has 1 aromatic heterocycles. The number of methoxy groups -OCH3 is 2. The molecular weight excluding hydrogens is 504 g/mol. The van der Waals surface area contributed by atoms with Crippen molar-refractivity contribution >= 4 is 28.0 Å². The Morgan fingerprint density at radius 3 is 2.37 bits per heavy atom. The third-order valence-corrected chi connectivity index (χ3v) is 7.81. The summed E-state index contributed by atoms with van der Waals surface area (Å²) in [6.45, 7) is 1.63. The molecule has 0 bridgehead atoms. The van der Waals surface area contributed by atoms with E-state index < -0.39 is 16.0 Å². The summed E-state index contributed by atoms with van der Waals surface area (Å²) in [4.78, 5) is 28.9. The fourth-order valence-corrected chi connectivity index (χ4v) is 5.75. The molecule has 0 unspecified atom stereocenters. The predicted octanol–water partition coefficient (Wildman–Crippen LogP) is 5.06. The van der Waals surface area contributed by atoms with E-state index in [1.165, 1.54) is 30.7 Å². The molecular formula is C29H26N2O6S. The number of aromatic nitrogens is 1. The lowest BCUT2D eigenvalue weighted by Gasteiger charge is -2.28. The van der Waals surface area contributed by atoms with Crippen molar-refractivity contribution < 1.29 is 27.5 Å². The van der Waals surface area contributed by atoms with Gasteiger partial charge in [0.2, 0.25) is 0 Å². The van der Waals surface area contributed by atoms with Crippen molar-refractivity contribution in [2.45, 2.75) is 18.4 Å². The minimum Gasteiger partial charge on any atom is -0.497 e. The van der Waals surface area contributed by atoms with Gasteiger partial charge in [0.1, 0.15) is 5.75 Å². The van der Waals surface area contributed by atoms with Crippen molar-refractivity contribution in [3.63, 3.8) is 0 Å². The molecule has 0 spiro atoms. The van der Waals surface area contributed by atoms with Gasteiger partial charge in [-0.3, -0.25) is 14.1 Å². The van der Waals surface area contributed by atoms with E-state index in [1.807, 2.05) is 0 Å². The second-order valence-electron chi connectivity index (χ2n) is 8.43. The van der Waals surface area contributed by atoms with Crippen molar-refractivity contribution in [3.05, 3.63) is 107 Å². The van der Waals surface area contributed by atoms with E-state index in [-0.39, 0.29) is 22.7 Å². The van der Waals surface area contributed by atoms with Crippen LogP contribution in [0.2, 0.25) is 0 Å². The van der Waals surface area contributed by atoms with Gasteiger partial charge in [0.25, 0.3) is 10.0 Å². The van der Waals surface area contributed by atoms with Gasteiger partial charge in [-0.2, -0.15) is 0 Å². The number of sulfonamides is 1. The van der Waals surface area contributed by atoms with Crippen LogP contribution in [0, 0.1) is 6.92 Å². The van der Waals surface area contributed by atoms with Crippen molar-refractivity contribution in [2.24, 2.45) is 0 Å². The Morgan fingerprint density at radius 1 is 1.00 bits per heavy atom. The van der Waals surface area contributed by atoms with Crippen LogP contribution in [0.15, 0.2) is 90.1 Å². The summed E-state index contributed by atoms with van der Waals surface area (Å²) >= 11 is 0. The zero-order valence-corrected chi connectivity index (χ0v) is 21.9. The first-order valence-corrected chi connectivity index (χ1v) is 13.1. The lowest BCUT2D eigenvalue weighted by molar-refractivity contribution is 0.0601. The van der Waals surface area contributed by atoms with Crippen molar-refractivity contribution in [1.82, 2.24) is 4.98 Å². The van der Waals surface area contributed by atoms with E-state index >= 15 is 0 Å². The Labute approximate surface area is 221 Å². The van der Waals surface area contributed by atoms with Gasteiger partial charge >= 0.3 is 5.97 Å². The van der Waals surface area contributed by atoms with Crippen LogP contribution in [0.4, 0.5) is 5.69 Å². The molecule has 38 heavy (non-hydrogen) atoms. The normalized spacial score (nSPS) is 11.0. The Bertz CT molecular complexity index is 1570. The molecule has 0 fully saturated rings. The van der Waals surface area contributed by atoms with Gasteiger partial charge in [0.15, 0.2) is 6.29 Å². The number of hydrogen-bond acceptors (Lipinski definition) is 7. The fraction of sp³-hybridized carbons (Fsp3) is 0.138. The number of rotatable bonds is 9. The summed E-state index contributed by atoms with van der Waals surface area (Å²) in [6, 6.07) is 19.8. The minimum atomic E-state index is -4.17. The molecule has 0 saturated carbocycles. The maximum Gasteiger partial charge on any atom is 0.340 e. The van der Waals surface area contributed by atoms with E-state index in [1.54, 1.807) is 80.0 Å². The number of esters is 1. The van der Waals surface area contributed by atoms with E-state index in [4.69, 9.17) is 9.47 Å². The van der Waals surface area contributed by atoms with Gasteiger partial charge in [-0.15, -0.1) is 0 Å². The van der Waals surface area contributed by atoms with E-state index in [9.17, 15) is 18.0 Å². The van der Waals surface area contributed by atoms with Gasteiger partial charge in [0, 0.05) is 18.0 Å². The molecule has 4 rings (SSSR count). The maximum atomic E-state index is 14.1. The molecule has 0 aliphatic heterocycles. The highest BCUT2D eigenvalue weighted by molar-refractivity contribution is 7.92. The van der Waals surface area contributed by atoms with Crippen LogP contribution >= 0.6 is 0 Å². The zero-order chi connectivity index (χ0) is 27.3. The number of anilines is 1. The number of carbonyl (C=O) groups excluding carboxylic acids is 2. The highest BCUT2D eigenvalue weighted by Crippen LogP contribution is 2.37. The van der Waals surface area contributed by atoms with Crippen LogP contribution in [0.25, 0.3) is 11.1 Å². The SMILES string of the molecule is COC(=O)c1cc(-c2ccccc2C=O)cc(C)c1N(Cc1cccnc1)S(=O)(=O)c1ccc(OC)cc1. The van der Waals surface area contributed by atoms with Crippen molar-refractivity contribution in [2.75, 3.05) is 18.5 Å². The average Bonchev–Trinajstić information content (AvgIpc) is 2.95. The maximum absolute atomic E-state index is 14.1. The van der Waals surface area contributed by atoms with Crippen LogP contribution in [0.1, 0.15) is 31.8 Å². The molecule has 0 amide bonds. The quantitative estimate of drug-likeness (QED) is 0.220. The molecule has 0 radical (unpaired) electrons. The molecule has 0 atom stereocenters. The van der Waals surface area contributed by atoms with Crippen LogP contribution in [-0.2, 0) is 21.3 Å². The Morgan fingerprint density at radius 2 is 1.74 bits per heavy atom. The van der Waals surface area contributed by atoms with Crippen molar-refractivity contribution in [3.8, 4) is 16.9 Å².